The van der Waals surface area contributed by atoms with Crippen LogP contribution in [-0.2, 0) is 9.53 Å². The van der Waals surface area contributed by atoms with Crippen molar-refractivity contribution in [2.24, 2.45) is 0 Å². The van der Waals surface area contributed by atoms with Gasteiger partial charge in [0, 0.05) is 5.69 Å². The number of phenols is 1. The van der Waals surface area contributed by atoms with Gasteiger partial charge >= 0.3 is 5.97 Å². The predicted molar refractivity (Wildman–Crippen MR) is 95.8 cm³/mol. The van der Waals surface area contributed by atoms with E-state index in [9.17, 15) is 9.90 Å². The fourth-order valence-corrected chi connectivity index (χ4v) is 3.09. The minimum atomic E-state index is -0.306. The molecule has 0 spiro atoms. The van der Waals surface area contributed by atoms with E-state index in [4.69, 9.17) is 4.74 Å². The molecule has 7 heteroatoms. The molecule has 0 saturated carbocycles. The molecule has 0 bridgehead atoms. The topological polar surface area (TPSA) is 77.2 Å². The number of ether oxygens (including phenoxy) is 1. The van der Waals surface area contributed by atoms with Gasteiger partial charge in [0.1, 0.15) is 5.75 Å². The van der Waals surface area contributed by atoms with Crippen LogP contribution in [0.3, 0.4) is 0 Å². The highest BCUT2D eigenvalue weighted by molar-refractivity contribution is 7.99. The van der Waals surface area contributed by atoms with Crippen molar-refractivity contribution >= 4 is 17.7 Å². The van der Waals surface area contributed by atoms with E-state index in [1.807, 2.05) is 41.0 Å². The maximum absolute atomic E-state index is 11.7. The summed E-state index contributed by atoms with van der Waals surface area (Å²) in [4.78, 5) is 11.7. The molecule has 25 heavy (non-hydrogen) atoms. The van der Waals surface area contributed by atoms with Gasteiger partial charge in [-0.3, -0.25) is 9.36 Å². The largest absolute Gasteiger partial charge is 0.507 e. The zero-order valence-electron chi connectivity index (χ0n) is 13.6. The van der Waals surface area contributed by atoms with E-state index in [2.05, 4.69) is 10.2 Å². The number of nitrogens with zero attached hydrogens (tertiary/aromatic N) is 3. The van der Waals surface area contributed by atoms with Crippen LogP contribution < -0.4 is 0 Å². The van der Waals surface area contributed by atoms with Crippen LogP contribution in [0.4, 0.5) is 0 Å². The fraction of sp³-hybridized carbons (Fsp3) is 0.167. The van der Waals surface area contributed by atoms with Crippen LogP contribution in [-0.4, -0.2) is 38.2 Å². The monoisotopic (exact) mass is 355 g/mol. The zero-order valence-corrected chi connectivity index (χ0v) is 14.4. The molecule has 0 fully saturated rings. The summed E-state index contributed by atoms with van der Waals surface area (Å²) in [6, 6.07) is 16.5. The summed E-state index contributed by atoms with van der Waals surface area (Å²) in [6.45, 7) is 2.11. The highest BCUT2D eigenvalue weighted by atomic mass is 32.2. The Labute approximate surface area is 149 Å². The zero-order chi connectivity index (χ0) is 17.6. The van der Waals surface area contributed by atoms with Crippen LogP contribution in [0.25, 0.3) is 17.1 Å². The molecule has 0 aliphatic carbocycles. The van der Waals surface area contributed by atoms with E-state index in [0.29, 0.717) is 23.2 Å². The number of aromatic hydroxyl groups is 1. The Bertz CT molecular complexity index is 865. The fourth-order valence-electron chi connectivity index (χ4n) is 2.34. The molecule has 0 amide bonds. The number of para-hydroxylation sites is 2. The van der Waals surface area contributed by atoms with Gasteiger partial charge in [0.05, 0.1) is 17.9 Å². The lowest BCUT2D eigenvalue weighted by Gasteiger charge is -2.11. The third kappa shape index (κ3) is 3.83. The molecule has 1 aromatic heterocycles. The van der Waals surface area contributed by atoms with Crippen molar-refractivity contribution in [1.82, 2.24) is 14.8 Å². The van der Waals surface area contributed by atoms with E-state index in [0.717, 1.165) is 5.69 Å². The Morgan fingerprint density at radius 1 is 1.12 bits per heavy atom. The third-order valence-electron chi connectivity index (χ3n) is 3.42. The Morgan fingerprint density at radius 3 is 2.56 bits per heavy atom. The maximum Gasteiger partial charge on any atom is 0.316 e. The molecule has 0 aliphatic heterocycles. The predicted octanol–water partition coefficient (Wildman–Crippen LogP) is 3.30. The quantitative estimate of drug-likeness (QED) is 0.540. The standard InChI is InChI=1S/C18H17N3O3S/c1-2-24-16(23)12-25-18-20-19-17(14-10-6-7-11-15(14)22)21(18)13-8-4-3-5-9-13/h3-11,22H,2,12H2,1H3. The van der Waals surface area contributed by atoms with Gasteiger partial charge in [-0.05, 0) is 31.2 Å². The number of esters is 1. The Hall–Kier alpha value is -2.80. The number of phenolic OH excluding ortho intramolecular Hbond substituents is 1. The number of hydrogen-bond donors (Lipinski definition) is 1. The van der Waals surface area contributed by atoms with Crippen LogP contribution in [0.5, 0.6) is 5.75 Å². The number of benzene rings is 2. The van der Waals surface area contributed by atoms with Gasteiger partial charge in [-0.1, -0.05) is 42.1 Å². The average Bonchev–Trinajstić information content (AvgIpc) is 3.05. The lowest BCUT2D eigenvalue weighted by atomic mass is 10.2. The second-order valence-corrected chi connectivity index (χ2v) is 6.03. The van der Waals surface area contributed by atoms with E-state index in [1.165, 1.54) is 11.8 Å². The number of aromatic nitrogens is 3. The van der Waals surface area contributed by atoms with Crippen LogP contribution in [0, 0.1) is 0 Å². The molecule has 6 nitrogen and oxygen atoms in total. The van der Waals surface area contributed by atoms with Gasteiger partial charge < -0.3 is 9.84 Å². The average molecular weight is 355 g/mol. The molecule has 0 radical (unpaired) electrons. The Morgan fingerprint density at radius 2 is 1.84 bits per heavy atom. The summed E-state index contributed by atoms with van der Waals surface area (Å²) in [5, 5.41) is 19.2. The summed E-state index contributed by atoms with van der Waals surface area (Å²) in [5.74, 6) is 0.462. The molecular weight excluding hydrogens is 338 g/mol. The van der Waals surface area contributed by atoms with E-state index < -0.39 is 0 Å². The normalized spacial score (nSPS) is 10.6. The molecule has 1 N–H and O–H groups in total. The second-order valence-electron chi connectivity index (χ2n) is 5.09. The first-order valence-corrected chi connectivity index (χ1v) is 8.77. The van der Waals surface area contributed by atoms with Crippen molar-refractivity contribution in [2.75, 3.05) is 12.4 Å². The van der Waals surface area contributed by atoms with E-state index in [-0.39, 0.29) is 17.5 Å². The molecule has 0 atom stereocenters. The van der Waals surface area contributed by atoms with Crippen molar-refractivity contribution < 1.29 is 14.6 Å². The van der Waals surface area contributed by atoms with E-state index in [1.54, 1.807) is 25.1 Å². The van der Waals surface area contributed by atoms with Crippen LogP contribution >= 0.6 is 11.8 Å². The number of carbonyl (C=O) groups excluding carboxylic acids is 1. The molecule has 2 aromatic carbocycles. The maximum atomic E-state index is 11.7. The summed E-state index contributed by atoms with van der Waals surface area (Å²) < 4.78 is 6.78. The molecule has 0 saturated heterocycles. The summed E-state index contributed by atoms with van der Waals surface area (Å²) in [5.41, 5.74) is 1.42. The number of hydrogen-bond acceptors (Lipinski definition) is 6. The van der Waals surface area contributed by atoms with Gasteiger partial charge in [-0.15, -0.1) is 10.2 Å². The SMILES string of the molecule is CCOC(=O)CSc1nnc(-c2ccccc2O)n1-c1ccccc1. The first kappa shape index (κ1) is 17.0. The van der Waals surface area contributed by atoms with Crippen LogP contribution in [0.15, 0.2) is 59.8 Å². The van der Waals surface area contributed by atoms with E-state index >= 15 is 0 Å². The molecule has 128 valence electrons. The van der Waals surface area contributed by atoms with Crippen molar-refractivity contribution in [3.05, 3.63) is 54.6 Å². The molecule has 1 heterocycles. The summed E-state index contributed by atoms with van der Waals surface area (Å²) in [6.07, 6.45) is 0. The number of rotatable bonds is 6. The first-order valence-electron chi connectivity index (χ1n) is 7.78. The van der Waals surface area contributed by atoms with Gasteiger partial charge in [-0.2, -0.15) is 0 Å². The first-order chi connectivity index (χ1) is 12.2. The molecule has 3 rings (SSSR count). The van der Waals surface area contributed by atoms with Crippen LogP contribution in [0.1, 0.15) is 6.92 Å². The van der Waals surface area contributed by atoms with Crippen LogP contribution in [0.2, 0.25) is 0 Å². The molecular formula is C18H17N3O3S. The number of thioether (sulfide) groups is 1. The second kappa shape index (κ2) is 7.85. The van der Waals surface area contributed by atoms with Gasteiger partial charge in [0.2, 0.25) is 0 Å². The third-order valence-corrected chi connectivity index (χ3v) is 4.32. The highest BCUT2D eigenvalue weighted by Crippen LogP contribution is 2.32. The minimum Gasteiger partial charge on any atom is -0.507 e. The van der Waals surface area contributed by atoms with Crippen molar-refractivity contribution in [3.63, 3.8) is 0 Å². The smallest absolute Gasteiger partial charge is 0.316 e. The molecule has 0 unspecified atom stereocenters. The Balaban J connectivity index is 2.02. The minimum absolute atomic E-state index is 0.119. The van der Waals surface area contributed by atoms with Crippen molar-refractivity contribution in [2.45, 2.75) is 12.1 Å². The lowest BCUT2D eigenvalue weighted by molar-refractivity contribution is -0.139. The van der Waals surface area contributed by atoms with Gasteiger partial charge in [-0.25, -0.2) is 0 Å². The molecule has 3 aromatic rings. The Kier molecular flexibility index (Phi) is 5.35. The lowest BCUT2D eigenvalue weighted by Crippen LogP contribution is -2.08. The van der Waals surface area contributed by atoms with Gasteiger partial charge in [0.15, 0.2) is 11.0 Å². The van der Waals surface area contributed by atoms with Crippen molar-refractivity contribution in [3.8, 4) is 22.8 Å². The van der Waals surface area contributed by atoms with Crippen molar-refractivity contribution in [1.29, 1.82) is 0 Å². The van der Waals surface area contributed by atoms with Gasteiger partial charge in [0.25, 0.3) is 0 Å². The summed E-state index contributed by atoms with van der Waals surface area (Å²) >= 11 is 1.24. The highest BCUT2D eigenvalue weighted by Gasteiger charge is 2.19. The molecule has 0 aliphatic rings. The number of carbonyl (C=O) groups is 1. The summed E-state index contributed by atoms with van der Waals surface area (Å²) in [7, 11) is 0.